The summed E-state index contributed by atoms with van der Waals surface area (Å²) < 4.78 is 8.21. The second-order valence-electron chi connectivity index (χ2n) is 9.33. The molecule has 0 radical (unpaired) electrons. The van der Waals surface area contributed by atoms with Gasteiger partial charge in [0.15, 0.2) is 10.8 Å². The van der Waals surface area contributed by atoms with Crippen LogP contribution in [-0.2, 0) is 0 Å². The standard InChI is InChI=1S/C22H25ClN6O4S2/c1-21(2,3)28(20(31)32)18-24-14-6-5-13(9-15(14)35-18)34-19-26-25-16-7-8-17(27-29(16)19)33-12-22(4,10-23)11-30/h5-9,30H,10-12H2,1-4H3,(H,31,32). The van der Waals surface area contributed by atoms with Crippen LogP contribution in [0.1, 0.15) is 27.7 Å². The molecule has 0 saturated heterocycles. The average molecular weight is 537 g/mol. The van der Waals surface area contributed by atoms with Crippen LogP contribution in [0.3, 0.4) is 0 Å². The fraction of sp³-hybridized carbons (Fsp3) is 0.409. The van der Waals surface area contributed by atoms with Crippen molar-refractivity contribution in [1.29, 1.82) is 0 Å². The molecule has 0 aliphatic heterocycles. The third-order valence-electron chi connectivity index (χ3n) is 5.09. The number of anilines is 1. The number of hydrogen-bond donors (Lipinski definition) is 2. The van der Waals surface area contributed by atoms with Gasteiger partial charge in [-0.2, -0.15) is 4.52 Å². The number of halogens is 1. The van der Waals surface area contributed by atoms with E-state index in [9.17, 15) is 15.0 Å². The van der Waals surface area contributed by atoms with Crippen molar-refractivity contribution in [3.05, 3.63) is 30.3 Å². The van der Waals surface area contributed by atoms with Crippen LogP contribution in [0.25, 0.3) is 15.9 Å². The van der Waals surface area contributed by atoms with Crippen molar-refractivity contribution in [3.8, 4) is 5.88 Å². The molecule has 3 aromatic heterocycles. The molecule has 0 fully saturated rings. The molecule has 3 heterocycles. The highest BCUT2D eigenvalue weighted by Crippen LogP contribution is 2.36. The number of ether oxygens (including phenoxy) is 1. The molecule has 10 nitrogen and oxygen atoms in total. The molecular weight excluding hydrogens is 512 g/mol. The van der Waals surface area contributed by atoms with E-state index in [1.165, 1.54) is 28.0 Å². The Bertz CT molecular complexity index is 1370. The van der Waals surface area contributed by atoms with E-state index in [0.29, 0.717) is 21.8 Å². The Labute approximate surface area is 214 Å². The Hall–Kier alpha value is -2.67. The third kappa shape index (κ3) is 5.45. The first-order chi connectivity index (χ1) is 16.5. The first-order valence-corrected chi connectivity index (χ1v) is 12.8. The summed E-state index contributed by atoms with van der Waals surface area (Å²) >= 11 is 8.63. The van der Waals surface area contributed by atoms with Crippen LogP contribution in [0.5, 0.6) is 5.88 Å². The smallest absolute Gasteiger partial charge is 0.414 e. The van der Waals surface area contributed by atoms with Crippen LogP contribution < -0.4 is 9.64 Å². The highest BCUT2D eigenvalue weighted by Gasteiger charge is 2.30. The van der Waals surface area contributed by atoms with Gasteiger partial charge in [-0.15, -0.1) is 26.9 Å². The number of aliphatic hydroxyl groups excluding tert-OH is 1. The van der Waals surface area contributed by atoms with Gasteiger partial charge in [0.2, 0.25) is 11.0 Å². The van der Waals surface area contributed by atoms with E-state index >= 15 is 0 Å². The predicted octanol–water partition coefficient (Wildman–Crippen LogP) is 4.78. The molecule has 186 valence electrons. The van der Waals surface area contributed by atoms with Crippen molar-refractivity contribution in [2.75, 3.05) is 24.0 Å². The lowest BCUT2D eigenvalue weighted by Gasteiger charge is -2.30. The van der Waals surface area contributed by atoms with E-state index in [0.717, 1.165) is 15.1 Å². The molecule has 13 heteroatoms. The van der Waals surface area contributed by atoms with E-state index in [1.54, 1.807) is 16.6 Å². The molecule has 1 aromatic carbocycles. The van der Waals surface area contributed by atoms with E-state index in [4.69, 9.17) is 16.3 Å². The number of nitrogens with zero attached hydrogens (tertiary/aromatic N) is 6. The Balaban J connectivity index is 1.59. The number of amides is 1. The fourth-order valence-corrected chi connectivity index (χ4v) is 5.33. The molecule has 0 saturated carbocycles. The van der Waals surface area contributed by atoms with Gasteiger partial charge in [0.1, 0.15) is 0 Å². The Kier molecular flexibility index (Phi) is 7.09. The maximum absolute atomic E-state index is 11.8. The highest BCUT2D eigenvalue weighted by atomic mass is 35.5. The first kappa shape index (κ1) is 25.4. The van der Waals surface area contributed by atoms with Gasteiger partial charge >= 0.3 is 6.09 Å². The summed E-state index contributed by atoms with van der Waals surface area (Å²) in [6.45, 7) is 7.43. The summed E-state index contributed by atoms with van der Waals surface area (Å²) in [5.41, 5.74) is 0.0815. The first-order valence-electron chi connectivity index (χ1n) is 10.7. The molecule has 4 rings (SSSR count). The zero-order valence-corrected chi connectivity index (χ0v) is 22.0. The summed E-state index contributed by atoms with van der Waals surface area (Å²) in [7, 11) is 0. The van der Waals surface area contributed by atoms with Crippen molar-refractivity contribution in [1.82, 2.24) is 24.8 Å². The summed E-state index contributed by atoms with van der Waals surface area (Å²) in [6.07, 6.45) is -1.05. The second kappa shape index (κ2) is 9.76. The van der Waals surface area contributed by atoms with Crippen LogP contribution in [0, 0.1) is 5.41 Å². The van der Waals surface area contributed by atoms with E-state index in [2.05, 4.69) is 20.3 Å². The molecule has 4 aromatic rings. The van der Waals surface area contributed by atoms with Crippen molar-refractivity contribution in [3.63, 3.8) is 0 Å². The Morgan fingerprint density at radius 3 is 2.66 bits per heavy atom. The van der Waals surface area contributed by atoms with Crippen molar-refractivity contribution < 1.29 is 19.7 Å². The quantitative estimate of drug-likeness (QED) is 0.306. The Morgan fingerprint density at radius 1 is 1.23 bits per heavy atom. The molecule has 1 amide bonds. The summed E-state index contributed by atoms with van der Waals surface area (Å²) in [6, 6.07) is 9.14. The zero-order valence-electron chi connectivity index (χ0n) is 19.6. The molecule has 2 N–H and O–H groups in total. The summed E-state index contributed by atoms with van der Waals surface area (Å²) in [4.78, 5) is 18.5. The van der Waals surface area contributed by atoms with Gasteiger partial charge in [-0.25, -0.2) is 14.7 Å². The fourth-order valence-electron chi connectivity index (χ4n) is 3.08. The van der Waals surface area contributed by atoms with E-state index < -0.39 is 17.0 Å². The number of aliphatic hydroxyl groups is 1. The lowest BCUT2D eigenvalue weighted by molar-refractivity contribution is 0.0971. The number of alkyl halides is 1. The maximum Gasteiger partial charge on any atom is 0.414 e. The van der Waals surface area contributed by atoms with Crippen LogP contribution in [-0.4, -0.2) is 65.7 Å². The van der Waals surface area contributed by atoms with Gasteiger partial charge in [-0.05, 0) is 56.8 Å². The van der Waals surface area contributed by atoms with Crippen molar-refractivity contribution in [2.45, 2.75) is 43.3 Å². The number of carboxylic acid groups (broad SMARTS) is 1. The summed E-state index contributed by atoms with van der Waals surface area (Å²) in [5, 5.41) is 33.1. The van der Waals surface area contributed by atoms with E-state index in [1.807, 2.05) is 45.9 Å². The molecular formula is C22H25ClN6O4S2. The lowest BCUT2D eigenvalue weighted by Crippen LogP contribution is -2.45. The number of carbonyl (C=O) groups is 1. The number of aromatic nitrogens is 5. The van der Waals surface area contributed by atoms with Gasteiger partial charge in [0.25, 0.3) is 0 Å². The summed E-state index contributed by atoms with van der Waals surface area (Å²) in [5.74, 6) is 0.615. The molecule has 0 aliphatic carbocycles. The molecule has 1 atom stereocenters. The number of benzene rings is 1. The van der Waals surface area contributed by atoms with Gasteiger partial charge in [0, 0.05) is 27.8 Å². The highest BCUT2D eigenvalue weighted by molar-refractivity contribution is 7.99. The number of thiazole rings is 1. The van der Waals surface area contributed by atoms with Gasteiger partial charge in [-0.1, -0.05) is 18.3 Å². The largest absolute Gasteiger partial charge is 0.476 e. The van der Waals surface area contributed by atoms with Crippen LogP contribution >= 0.6 is 34.7 Å². The molecule has 35 heavy (non-hydrogen) atoms. The van der Waals surface area contributed by atoms with Crippen LogP contribution in [0.4, 0.5) is 9.93 Å². The SMILES string of the molecule is CC(CO)(CCl)COc1ccc2nnc(Sc3ccc4nc(N(C(=O)O)C(C)(C)C)sc4c3)n2n1. The minimum absolute atomic E-state index is 0.103. The third-order valence-corrected chi connectivity index (χ3v) is 7.67. The topological polar surface area (TPSA) is 126 Å². The number of hydrogen-bond acceptors (Lipinski definition) is 9. The number of fused-ring (bicyclic) bond motifs is 2. The monoisotopic (exact) mass is 536 g/mol. The van der Waals surface area contributed by atoms with Crippen LogP contribution in [0.15, 0.2) is 40.4 Å². The minimum Gasteiger partial charge on any atom is -0.476 e. The molecule has 1 unspecified atom stereocenters. The van der Waals surface area contributed by atoms with E-state index in [-0.39, 0.29) is 19.1 Å². The van der Waals surface area contributed by atoms with Gasteiger partial charge in [-0.3, -0.25) is 0 Å². The lowest BCUT2D eigenvalue weighted by atomic mass is 9.96. The normalized spacial score (nSPS) is 13.8. The van der Waals surface area contributed by atoms with Crippen molar-refractivity contribution >= 4 is 61.8 Å². The molecule has 0 bridgehead atoms. The second-order valence-corrected chi connectivity index (χ2v) is 11.6. The van der Waals surface area contributed by atoms with Crippen molar-refractivity contribution in [2.24, 2.45) is 5.41 Å². The Morgan fingerprint density at radius 2 is 2.00 bits per heavy atom. The van der Waals surface area contributed by atoms with Gasteiger partial charge in [0.05, 0.1) is 23.4 Å². The maximum atomic E-state index is 11.8. The zero-order chi connectivity index (χ0) is 25.4. The number of rotatable bonds is 8. The average Bonchev–Trinajstić information content (AvgIpc) is 3.39. The predicted molar refractivity (Wildman–Crippen MR) is 136 cm³/mol. The van der Waals surface area contributed by atoms with Crippen LogP contribution in [0.2, 0.25) is 0 Å². The van der Waals surface area contributed by atoms with Gasteiger partial charge < -0.3 is 14.9 Å². The molecule has 0 spiro atoms. The minimum atomic E-state index is -1.05. The molecule has 0 aliphatic rings.